The number of carbonyl (C=O) groups excluding carboxylic acids is 1. The molecule has 1 N–H and O–H groups in total. The summed E-state index contributed by atoms with van der Waals surface area (Å²) in [7, 11) is 0. The van der Waals surface area contributed by atoms with Gasteiger partial charge in [0.1, 0.15) is 17.0 Å². The molecule has 31 heavy (non-hydrogen) atoms. The number of carbonyl (C=O) groups is 1. The Balaban J connectivity index is 1.62. The molecule has 1 atom stereocenters. The monoisotopic (exact) mass is 466 g/mol. The number of anilines is 1. The first-order valence-corrected chi connectivity index (χ1v) is 9.65. The second-order valence-electron chi connectivity index (χ2n) is 6.96. The molecule has 168 valence electrons. The standard InChI is InChI=1S/C19H17ClF6N4O/c20-14-10-15(29-17(28-14)19(24,25)26)30-9-1-2-13(30)16(31)27-8-7-11-3-5-12(6-4-11)18(21,22)23/h3-6,10,13H,1-2,7-9H2,(H,27,31)/t13-/m0/s1. The van der Waals surface area contributed by atoms with Crippen LogP contribution in [0.5, 0.6) is 0 Å². The second kappa shape index (κ2) is 8.89. The molecule has 2 heterocycles. The Morgan fingerprint density at radius 1 is 1.10 bits per heavy atom. The van der Waals surface area contributed by atoms with Crippen molar-refractivity contribution in [2.75, 3.05) is 18.0 Å². The zero-order valence-corrected chi connectivity index (χ0v) is 16.7. The topological polar surface area (TPSA) is 58.1 Å². The molecule has 1 aromatic heterocycles. The zero-order chi connectivity index (χ0) is 22.8. The lowest BCUT2D eigenvalue weighted by Gasteiger charge is -2.25. The highest BCUT2D eigenvalue weighted by Gasteiger charge is 2.38. The van der Waals surface area contributed by atoms with Crippen molar-refractivity contribution in [1.29, 1.82) is 0 Å². The van der Waals surface area contributed by atoms with Gasteiger partial charge in [-0.3, -0.25) is 4.79 Å². The molecule has 2 aromatic rings. The molecule has 0 radical (unpaired) electrons. The fraction of sp³-hybridized carbons (Fsp3) is 0.421. The molecule has 12 heteroatoms. The summed E-state index contributed by atoms with van der Waals surface area (Å²) in [4.78, 5) is 20.7. The third-order valence-corrected chi connectivity index (χ3v) is 4.97. The van der Waals surface area contributed by atoms with Crippen LogP contribution in [0.4, 0.5) is 32.2 Å². The van der Waals surface area contributed by atoms with Crippen molar-refractivity contribution in [3.63, 3.8) is 0 Å². The molecule has 3 rings (SSSR count). The van der Waals surface area contributed by atoms with Crippen molar-refractivity contribution < 1.29 is 31.1 Å². The van der Waals surface area contributed by atoms with Crippen LogP contribution >= 0.6 is 11.6 Å². The molecular formula is C19H17ClF6N4O. The third-order valence-electron chi connectivity index (χ3n) is 4.78. The van der Waals surface area contributed by atoms with Crippen LogP contribution in [0.15, 0.2) is 30.3 Å². The first kappa shape index (κ1) is 23.1. The van der Waals surface area contributed by atoms with Crippen molar-refractivity contribution >= 4 is 23.3 Å². The summed E-state index contributed by atoms with van der Waals surface area (Å²) in [5.41, 5.74) is -0.155. The largest absolute Gasteiger partial charge is 0.451 e. The molecule has 0 aliphatic carbocycles. The van der Waals surface area contributed by atoms with Gasteiger partial charge in [-0.2, -0.15) is 26.3 Å². The maximum Gasteiger partial charge on any atom is 0.451 e. The average molecular weight is 467 g/mol. The van der Waals surface area contributed by atoms with E-state index in [1.807, 2.05) is 0 Å². The van der Waals surface area contributed by atoms with Crippen molar-refractivity contribution in [1.82, 2.24) is 15.3 Å². The first-order chi connectivity index (χ1) is 14.4. The van der Waals surface area contributed by atoms with E-state index < -0.39 is 35.7 Å². The summed E-state index contributed by atoms with van der Waals surface area (Å²) in [5.74, 6) is -1.89. The van der Waals surface area contributed by atoms with Gasteiger partial charge >= 0.3 is 12.4 Å². The molecule has 1 aromatic carbocycles. The third kappa shape index (κ3) is 5.78. The lowest BCUT2D eigenvalue weighted by atomic mass is 10.1. The minimum Gasteiger partial charge on any atom is -0.354 e. The number of benzene rings is 1. The SMILES string of the molecule is O=C(NCCc1ccc(C(F)(F)F)cc1)[C@@H]1CCCN1c1cc(Cl)nc(C(F)(F)F)n1. The predicted molar refractivity (Wildman–Crippen MR) is 101 cm³/mol. The molecule has 0 bridgehead atoms. The van der Waals surface area contributed by atoms with Gasteiger partial charge in [0.2, 0.25) is 11.7 Å². The van der Waals surface area contributed by atoms with Crippen molar-refractivity contribution in [2.45, 2.75) is 37.7 Å². The van der Waals surface area contributed by atoms with Crippen LogP contribution in [-0.4, -0.2) is 35.0 Å². The van der Waals surface area contributed by atoms with Gasteiger partial charge in [-0.1, -0.05) is 23.7 Å². The quantitative estimate of drug-likeness (QED) is 0.521. The molecule has 0 saturated carbocycles. The number of rotatable bonds is 5. The highest BCUT2D eigenvalue weighted by molar-refractivity contribution is 6.29. The average Bonchev–Trinajstić information content (AvgIpc) is 3.16. The van der Waals surface area contributed by atoms with Crippen LogP contribution in [0.25, 0.3) is 0 Å². The zero-order valence-electron chi connectivity index (χ0n) is 15.9. The van der Waals surface area contributed by atoms with Crippen LogP contribution in [-0.2, 0) is 23.6 Å². The summed E-state index contributed by atoms with van der Waals surface area (Å²) in [6.07, 6.45) is -7.92. The van der Waals surface area contributed by atoms with Gasteiger partial charge in [0, 0.05) is 19.2 Å². The van der Waals surface area contributed by atoms with Gasteiger partial charge in [-0.25, -0.2) is 9.97 Å². The molecule has 1 aliphatic heterocycles. The van der Waals surface area contributed by atoms with E-state index in [2.05, 4.69) is 15.3 Å². The highest BCUT2D eigenvalue weighted by Crippen LogP contribution is 2.32. The molecular weight excluding hydrogens is 450 g/mol. The first-order valence-electron chi connectivity index (χ1n) is 9.27. The van der Waals surface area contributed by atoms with Gasteiger partial charge in [0.15, 0.2) is 0 Å². The van der Waals surface area contributed by atoms with Crippen molar-refractivity contribution in [3.8, 4) is 0 Å². The van der Waals surface area contributed by atoms with Crippen LogP contribution in [0.3, 0.4) is 0 Å². The van der Waals surface area contributed by atoms with Crippen LogP contribution in [0, 0.1) is 0 Å². The maximum absolute atomic E-state index is 13.0. The lowest BCUT2D eigenvalue weighted by molar-refractivity contribution is -0.145. The number of alkyl halides is 6. The van der Waals surface area contributed by atoms with E-state index in [0.29, 0.717) is 31.4 Å². The van der Waals surface area contributed by atoms with Gasteiger partial charge in [0.05, 0.1) is 5.56 Å². The minimum atomic E-state index is -4.78. The summed E-state index contributed by atoms with van der Waals surface area (Å²) in [6, 6.07) is 5.03. The van der Waals surface area contributed by atoms with E-state index in [1.54, 1.807) is 0 Å². The van der Waals surface area contributed by atoms with Gasteiger partial charge in [0.25, 0.3) is 0 Å². The van der Waals surface area contributed by atoms with E-state index in [4.69, 9.17) is 11.6 Å². The van der Waals surface area contributed by atoms with Crippen molar-refractivity contribution in [2.24, 2.45) is 0 Å². The number of nitrogens with zero attached hydrogens (tertiary/aromatic N) is 3. The summed E-state index contributed by atoms with van der Waals surface area (Å²) >= 11 is 5.70. The molecule has 5 nitrogen and oxygen atoms in total. The number of amides is 1. The number of hydrogen-bond donors (Lipinski definition) is 1. The van der Waals surface area contributed by atoms with Crippen molar-refractivity contribution in [3.05, 3.63) is 52.4 Å². The Hall–Kier alpha value is -2.56. The molecule has 1 fully saturated rings. The molecule has 1 aliphatic rings. The molecule has 1 saturated heterocycles. The molecule has 1 amide bonds. The smallest absolute Gasteiger partial charge is 0.354 e. The van der Waals surface area contributed by atoms with E-state index in [9.17, 15) is 31.1 Å². The Labute approximate surface area is 178 Å². The Bertz CT molecular complexity index is 932. The highest BCUT2D eigenvalue weighted by atomic mass is 35.5. The lowest BCUT2D eigenvalue weighted by Crippen LogP contribution is -2.44. The van der Waals surface area contributed by atoms with Gasteiger partial charge in [-0.05, 0) is 37.0 Å². The fourth-order valence-electron chi connectivity index (χ4n) is 3.30. The van der Waals surface area contributed by atoms with Crippen LogP contribution in [0.2, 0.25) is 5.15 Å². The van der Waals surface area contributed by atoms with Gasteiger partial charge < -0.3 is 10.2 Å². The van der Waals surface area contributed by atoms with E-state index in [-0.39, 0.29) is 17.5 Å². The normalized spacial score (nSPS) is 17.1. The van der Waals surface area contributed by atoms with E-state index in [0.717, 1.165) is 12.1 Å². The maximum atomic E-state index is 13.0. The molecule has 0 spiro atoms. The summed E-state index contributed by atoms with van der Waals surface area (Å²) in [5, 5.41) is 2.29. The summed E-state index contributed by atoms with van der Waals surface area (Å²) in [6.45, 7) is 0.481. The second-order valence-corrected chi connectivity index (χ2v) is 7.34. The molecule has 0 unspecified atom stereocenters. The summed E-state index contributed by atoms with van der Waals surface area (Å²) < 4.78 is 76.7. The Morgan fingerprint density at radius 3 is 2.39 bits per heavy atom. The number of nitrogens with one attached hydrogen (secondary N) is 1. The van der Waals surface area contributed by atoms with Crippen LogP contribution < -0.4 is 10.2 Å². The van der Waals surface area contributed by atoms with Gasteiger partial charge in [-0.15, -0.1) is 0 Å². The number of hydrogen-bond acceptors (Lipinski definition) is 4. The minimum absolute atomic E-state index is 0.0901. The Kier molecular flexibility index (Phi) is 6.63. The number of aromatic nitrogens is 2. The van der Waals surface area contributed by atoms with Crippen LogP contribution in [0.1, 0.15) is 29.8 Å². The Morgan fingerprint density at radius 2 is 1.77 bits per heavy atom. The predicted octanol–water partition coefficient (Wildman–Crippen LogP) is 4.50. The van der Waals surface area contributed by atoms with E-state index >= 15 is 0 Å². The van der Waals surface area contributed by atoms with E-state index in [1.165, 1.54) is 23.1 Å². The fourth-order valence-corrected chi connectivity index (χ4v) is 3.48. The number of halogens is 7.